The molecule has 0 spiro atoms. The van der Waals surface area contributed by atoms with Crippen LogP contribution >= 0.6 is 0 Å². The van der Waals surface area contributed by atoms with E-state index in [0.717, 1.165) is 51.6 Å². The number of nitrogens with zero attached hydrogens (tertiary/aromatic N) is 1. The Labute approximate surface area is 215 Å². The predicted molar refractivity (Wildman–Crippen MR) is 137 cm³/mol. The molecule has 0 aromatic heterocycles. The van der Waals surface area contributed by atoms with Crippen LogP contribution in [0.2, 0.25) is 0 Å². The molecular weight excluding hydrogens is 476 g/mol. The van der Waals surface area contributed by atoms with Crippen LogP contribution in [0, 0.1) is 32.4 Å². The molecule has 194 valence electrons. The number of aliphatic carboxylic acids is 1. The Morgan fingerprint density at radius 1 is 0.946 bits per heavy atom. The molecule has 4 rings (SSSR count). The number of halogens is 2. The molecule has 37 heavy (non-hydrogen) atoms. The van der Waals surface area contributed by atoms with E-state index < -0.39 is 35.2 Å². The van der Waals surface area contributed by atoms with Crippen molar-refractivity contribution in [2.24, 2.45) is 0 Å². The maximum atomic E-state index is 14.4. The molecule has 0 unspecified atom stereocenters. The molecule has 1 N–H and O–H groups in total. The van der Waals surface area contributed by atoms with Crippen molar-refractivity contribution in [3.63, 3.8) is 0 Å². The maximum absolute atomic E-state index is 14.4. The Bertz CT molecular complexity index is 1390. The van der Waals surface area contributed by atoms with Gasteiger partial charge in [0.25, 0.3) is 5.91 Å². The number of carboxylic acids is 1. The Hall–Kier alpha value is -3.58. The van der Waals surface area contributed by atoms with Crippen molar-refractivity contribution >= 4 is 11.9 Å². The van der Waals surface area contributed by atoms with Crippen LogP contribution < -0.4 is 0 Å². The van der Waals surface area contributed by atoms with Gasteiger partial charge in [0.2, 0.25) is 0 Å². The van der Waals surface area contributed by atoms with E-state index in [0.29, 0.717) is 11.1 Å². The fourth-order valence-corrected chi connectivity index (χ4v) is 5.00. The number of carboxylic acid groups (broad SMARTS) is 1. The summed E-state index contributed by atoms with van der Waals surface area (Å²) in [6, 6.07) is 10.6. The standard InChI is InChI=1S/C30H31F2NO4/c1-16-7-9-19(10-8-16)25-17(2)22-14-33(28(34)21-13-20(31)11-12-24(21)32)15-23(22)18(3)26(25)27(29(35)36)37-30(4,5)6/h7-13,27H,14-15H2,1-6H3,(H,35,36)/t27-/m0/s1. The predicted octanol–water partition coefficient (Wildman–Crippen LogP) is 6.65. The van der Waals surface area contributed by atoms with Crippen molar-refractivity contribution in [2.75, 3.05) is 0 Å². The Kier molecular flexibility index (Phi) is 6.95. The van der Waals surface area contributed by atoms with Gasteiger partial charge in [-0.3, -0.25) is 4.79 Å². The lowest BCUT2D eigenvalue weighted by atomic mass is 9.83. The van der Waals surface area contributed by atoms with Crippen molar-refractivity contribution in [1.29, 1.82) is 0 Å². The molecule has 1 heterocycles. The van der Waals surface area contributed by atoms with Gasteiger partial charge >= 0.3 is 5.97 Å². The Balaban J connectivity index is 1.90. The first kappa shape index (κ1) is 26.5. The molecule has 0 saturated carbocycles. The van der Waals surface area contributed by atoms with Crippen LogP contribution in [0.15, 0.2) is 42.5 Å². The fourth-order valence-electron chi connectivity index (χ4n) is 5.00. The molecule has 0 radical (unpaired) electrons. The summed E-state index contributed by atoms with van der Waals surface area (Å²) in [5.41, 5.74) is 5.35. The summed E-state index contributed by atoms with van der Waals surface area (Å²) in [5.74, 6) is -3.22. The number of rotatable bonds is 5. The van der Waals surface area contributed by atoms with Crippen LogP contribution in [0.3, 0.4) is 0 Å². The minimum atomic E-state index is -1.24. The third-order valence-corrected chi connectivity index (χ3v) is 6.76. The second-order valence-electron chi connectivity index (χ2n) is 10.6. The van der Waals surface area contributed by atoms with E-state index in [1.54, 1.807) is 20.8 Å². The zero-order valence-electron chi connectivity index (χ0n) is 21.9. The topological polar surface area (TPSA) is 66.8 Å². The molecular formula is C30H31F2NO4. The average molecular weight is 508 g/mol. The monoisotopic (exact) mass is 507 g/mol. The highest BCUT2D eigenvalue weighted by atomic mass is 19.1. The highest BCUT2D eigenvalue weighted by molar-refractivity contribution is 5.95. The minimum Gasteiger partial charge on any atom is -0.479 e. The summed E-state index contributed by atoms with van der Waals surface area (Å²) in [7, 11) is 0. The van der Waals surface area contributed by atoms with E-state index in [9.17, 15) is 23.5 Å². The third kappa shape index (κ3) is 5.14. The molecule has 1 atom stereocenters. The van der Waals surface area contributed by atoms with Gasteiger partial charge in [-0.05, 0) is 93.1 Å². The number of benzene rings is 3. The minimum absolute atomic E-state index is 0.153. The quantitative estimate of drug-likeness (QED) is 0.420. The lowest BCUT2D eigenvalue weighted by Crippen LogP contribution is -2.28. The second kappa shape index (κ2) is 9.71. The van der Waals surface area contributed by atoms with Gasteiger partial charge in [-0.1, -0.05) is 29.8 Å². The van der Waals surface area contributed by atoms with E-state index in [1.807, 2.05) is 45.0 Å². The van der Waals surface area contributed by atoms with Crippen molar-refractivity contribution in [3.05, 3.63) is 93.0 Å². The molecule has 3 aromatic carbocycles. The third-order valence-electron chi connectivity index (χ3n) is 6.76. The van der Waals surface area contributed by atoms with E-state index in [4.69, 9.17) is 4.74 Å². The van der Waals surface area contributed by atoms with Crippen molar-refractivity contribution in [2.45, 2.75) is 66.3 Å². The van der Waals surface area contributed by atoms with Crippen LogP contribution in [0.5, 0.6) is 0 Å². The van der Waals surface area contributed by atoms with Gasteiger partial charge in [-0.2, -0.15) is 0 Å². The zero-order valence-corrected chi connectivity index (χ0v) is 21.9. The van der Waals surface area contributed by atoms with E-state index in [2.05, 4.69) is 0 Å². The summed E-state index contributed by atoms with van der Waals surface area (Å²) in [5, 5.41) is 10.2. The van der Waals surface area contributed by atoms with Crippen LogP contribution in [0.1, 0.15) is 70.6 Å². The number of amides is 1. The van der Waals surface area contributed by atoms with Crippen molar-refractivity contribution in [1.82, 2.24) is 4.90 Å². The lowest BCUT2D eigenvalue weighted by molar-refractivity contribution is -0.160. The van der Waals surface area contributed by atoms with E-state index in [1.165, 1.54) is 4.90 Å². The SMILES string of the molecule is Cc1ccc(-c2c(C)c3c(c(C)c2[C@H](OC(C)(C)C)C(=O)O)CN(C(=O)c2cc(F)ccc2F)C3)cc1. The van der Waals surface area contributed by atoms with Gasteiger partial charge in [0.1, 0.15) is 11.6 Å². The average Bonchev–Trinajstić information content (AvgIpc) is 3.27. The molecule has 1 amide bonds. The van der Waals surface area contributed by atoms with Gasteiger partial charge in [0.15, 0.2) is 6.10 Å². The molecule has 5 nitrogen and oxygen atoms in total. The van der Waals surface area contributed by atoms with Crippen LogP contribution in [0.4, 0.5) is 8.78 Å². The lowest BCUT2D eigenvalue weighted by Gasteiger charge is -2.29. The summed E-state index contributed by atoms with van der Waals surface area (Å²) in [4.78, 5) is 27.2. The Morgan fingerprint density at radius 3 is 2.11 bits per heavy atom. The van der Waals surface area contributed by atoms with E-state index in [-0.39, 0.29) is 18.7 Å². The fraction of sp³-hybridized carbons (Fsp3) is 0.333. The van der Waals surface area contributed by atoms with Gasteiger partial charge in [-0.25, -0.2) is 13.6 Å². The molecule has 1 aliphatic heterocycles. The highest BCUT2D eigenvalue weighted by Crippen LogP contribution is 2.44. The first-order chi connectivity index (χ1) is 17.3. The largest absolute Gasteiger partial charge is 0.479 e. The highest BCUT2D eigenvalue weighted by Gasteiger charge is 2.36. The maximum Gasteiger partial charge on any atom is 0.337 e. The van der Waals surface area contributed by atoms with Gasteiger partial charge in [-0.15, -0.1) is 0 Å². The molecule has 1 aliphatic rings. The first-order valence-electron chi connectivity index (χ1n) is 12.1. The number of carbonyl (C=O) groups excluding carboxylic acids is 1. The second-order valence-corrected chi connectivity index (χ2v) is 10.6. The zero-order chi connectivity index (χ0) is 27.2. The van der Waals surface area contributed by atoms with Gasteiger partial charge < -0.3 is 14.7 Å². The van der Waals surface area contributed by atoms with Gasteiger partial charge in [0, 0.05) is 18.7 Å². The number of fused-ring (bicyclic) bond motifs is 1. The molecule has 0 bridgehead atoms. The molecule has 3 aromatic rings. The number of aryl methyl sites for hydroxylation is 1. The van der Waals surface area contributed by atoms with Crippen LogP contribution in [0.25, 0.3) is 11.1 Å². The van der Waals surface area contributed by atoms with Crippen LogP contribution in [-0.4, -0.2) is 27.5 Å². The smallest absolute Gasteiger partial charge is 0.337 e. The molecule has 0 saturated heterocycles. The number of carbonyl (C=O) groups is 2. The number of hydrogen-bond acceptors (Lipinski definition) is 3. The summed E-state index contributed by atoms with van der Waals surface area (Å²) >= 11 is 0. The molecule has 0 aliphatic carbocycles. The summed E-state index contributed by atoms with van der Waals surface area (Å²) in [6.07, 6.45) is -1.24. The van der Waals surface area contributed by atoms with E-state index >= 15 is 0 Å². The van der Waals surface area contributed by atoms with Crippen molar-refractivity contribution in [3.8, 4) is 11.1 Å². The van der Waals surface area contributed by atoms with Crippen molar-refractivity contribution < 1.29 is 28.2 Å². The molecule has 7 heteroatoms. The van der Waals surface area contributed by atoms with Gasteiger partial charge in [0.05, 0.1) is 11.2 Å². The number of ether oxygens (including phenoxy) is 1. The normalized spacial score (nSPS) is 14.0. The van der Waals surface area contributed by atoms with Crippen LogP contribution in [-0.2, 0) is 22.6 Å². The molecule has 0 fully saturated rings. The number of hydrogen-bond donors (Lipinski definition) is 1. The Morgan fingerprint density at radius 2 is 1.54 bits per heavy atom. The summed E-state index contributed by atoms with van der Waals surface area (Å²) < 4.78 is 34.3. The summed E-state index contributed by atoms with van der Waals surface area (Å²) in [6.45, 7) is 11.5. The first-order valence-corrected chi connectivity index (χ1v) is 12.1.